The first-order valence-electron chi connectivity index (χ1n) is 7.47. The Balaban J connectivity index is 1.60. The van der Waals surface area contributed by atoms with Crippen LogP contribution in [0.1, 0.15) is 5.56 Å². The highest BCUT2D eigenvalue weighted by Gasteiger charge is 2.45. The minimum atomic E-state index is -0.449. The van der Waals surface area contributed by atoms with Gasteiger partial charge in [0.15, 0.2) is 6.29 Å². The van der Waals surface area contributed by atoms with E-state index in [9.17, 15) is 0 Å². The Morgan fingerprint density at radius 2 is 1.95 bits per heavy atom. The summed E-state index contributed by atoms with van der Waals surface area (Å²) in [5, 5.41) is 0. The van der Waals surface area contributed by atoms with Crippen LogP contribution in [0.15, 0.2) is 42.0 Å². The highest BCUT2D eigenvalue weighted by molar-refractivity contribution is 5.23. The zero-order valence-electron chi connectivity index (χ0n) is 12.9. The first-order valence-corrected chi connectivity index (χ1v) is 7.47. The molecule has 1 fully saturated rings. The predicted octanol–water partition coefficient (Wildman–Crippen LogP) is 1.91. The van der Waals surface area contributed by atoms with Gasteiger partial charge in [-0.25, -0.2) is 0 Å². The van der Waals surface area contributed by atoms with Crippen LogP contribution in [0.4, 0.5) is 0 Å². The number of methoxy groups -OCH3 is 2. The number of fused-ring (bicyclic) bond motifs is 1. The van der Waals surface area contributed by atoms with Crippen molar-refractivity contribution >= 4 is 0 Å². The maximum Gasteiger partial charge on any atom is 0.187 e. The third-order valence-corrected chi connectivity index (χ3v) is 4.05. The molecule has 2 aliphatic rings. The number of rotatable bonds is 6. The van der Waals surface area contributed by atoms with Gasteiger partial charge in [-0.3, -0.25) is 0 Å². The smallest absolute Gasteiger partial charge is 0.187 e. The van der Waals surface area contributed by atoms with Gasteiger partial charge in [-0.2, -0.15) is 0 Å². The van der Waals surface area contributed by atoms with E-state index in [2.05, 4.69) is 6.08 Å². The average Bonchev–Trinajstić information content (AvgIpc) is 3.05. The van der Waals surface area contributed by atoms with Gasteiger partial charge in [0.1, 0.15) is 18.3 Å². The number of hydrogen-bond donors (Lipinski definition) is 0. The minimum Gasteiger partial charge on any atom is -0.374 e. The van der Waals surface area contributed by atoms with Gasteiger partial charge in [0.25, 0.3) is 0 Å². The van der Waals surface area contributed by atoms with E-state index < -0.39 is 6.29 Å². The van der Waals surface area contributed by atoms with Gasteiger partial charge in [-0.15, -0.1) is 0 Å². The highest BCUT2D eigenvalue weighted by Crippen LogP contribution is 2.33. The molecule has 0 radical (unpaired) electrons. The molecule has 0 aliphatic carbocycles. The van der Waals surface area contributed by atoms with E-state index in [1.807, 2.05) is 30.3 Å². The highest BCUT2D eigenvalue weighted by atomic mass is 16.7. The molecule has 1 aromatic carbocycles. The second kappa shape index (κ2) is 7.35. The molecule has 22 heavy (non-hydrogen) atoms. The molecule has 3 rings (SSSR count). The number of benzene rings is 1. The molecule has 0 aromatic heterocycles. The van der Waals surface area contributed by atoms with Crippen LogP contribution in [0.3, 0.4) is 0 Å². The SMILES string of the molecule is CO[C@H]1O[C@H](COCc2ccccc2)C2=CCO[C@@H]2[C@H]1OC. The lowest BCUT2D eigenvalue weighted by molar-refractivity contribution is -0.251. The van der Waals surface area contributed by atoms with E-state index in [1.165, 1.54) is 0 Å². The van der Waals surface area contributed by atoms with Crippen LogP contribution >= 0.6 is 0 Å². The molecule has 5 heteroatoms. The van der Waals surface area contributed by atoms with Crippen molar-refractivity contribution in [3.63, 3.8) is 0 Å². The quantitative estimate of drug-likeness (QED) is 0.751. The lowest BCUT2D eigenvalue weighted by Gasteiger charge is -2.39. The maximum atomic E-state index is 5.97. The molecule has 1 saturated heterocycles. The Kier molecular flexibility index (Phi) is 5.23. The normalized spacial score (nSPS) is 30.9. The van der Waals surface area contributed by atoms with Crippen molar-refractivity contribution in [1.82, 2.24) is 0 Å². The molecule has 0 N–H and O–H groups in total. The Morgan fingerprint density at radius 3 is 2.68 bits per heavy atom. The van der Waals surface area contributed by atoms with Crippen LogP contribution in [0.2, 0.25) is 0 Å². The third kappa shape index (κ3) is 3.24. The maximum absolute atomic E-state index is 5.97. The van der Waals surface area contributed by atoms with Crippen LogP contribution < -0.4 is 0 Å². The molecule has 0 bridgehead atoms. The number of hydrogen-bond acceptors (Lipinski definition) is 5. The summed E-state index contributed by atoms with van der Waals surface area (Å²) in [6, 6.07) is 10.1. The van der Waals surface area contributed by atoms with Crippen molar-refractivity contribution in [1.29, 1.82) is 0 Å². The minimum absolute atomic E-state index is 0.117. The zero-order valence-corrected chi connectivity index (χ0v) is 12.9. The number of ether oxygens (including phenoxy) is 5. The van der Waals surface area contributed by atoms with Gasteiger partial charge >= 0.3 is 0 Å². The molecule has 1 aromatic rings. The Bertz CT molecular complexity index is 501. The largest absolute Gasteiger partial charge is 0.374 e. The molecule has 5 nitrogen and oxygen atoms in total. The summed E-state index contributed by atoms with van der Waals surface area (Å²) in [5.41, 5.74) is 2.23. The molecule has 4 atom stereocenters. The Hall–Kier alpha value is -1.24. The van der Waals surface area contributed by atoms with Crippen LogP contribution in [0, 0.1) is 0 Å². The third-order valence-electron chi connectivity index (χ3n) is 4.05. The molecular weight excluding hydrogens is 284 g/mol. The summed E-state index contributed by atoms with van der Waals surface area (Å²) in [7, 11) is 3.26. The van der Waals surface area contributed by atoms with Gasteiger partial charge in [0.2, 0.25) is 0 Å². The molecule has 0 amide bonds. The van der Waals surface area contributed by atoms with Crippen molar-refractivity contribution < 1.29 is 23.7 Å². The van der Waals surface area contributed by atoms with Crippen molar-refractivity contribution in [2.24, 2.45) is 0 Å². The van der Waals surface area contributed by atoms with Crippen LogP contribution in [-0.2, 0) is 30.3 Å². The molecular formula is C17H22O5. The summed E-state index contributed by atoms with van der Waals surface area (Å²) in [5.74, 6) is 0. The first-order chi connectivity index (χ1) is 10.8. The van der Waals surface area contributed by atoms with E-state index in [1.54, 1.807) is 14.2 Å². The van der Waals surface area contributed by atoms with Gasteiger partial charge < -0.3 is 23.7 Å². The first kappa shape index (κ1) is 15.6. The fourth-order valence-corrected chi connectivity index (χ4v) is 2.94. The lowest BCUT2D eigenvalue weighted by atomic mass is 9.96. The van der Waals surface area contributed by atoms with Crippen LogP contribution in [0.5, 0.6) is 0 Å². The molecule has 0 spiro atoms. The fraction of sp³-hybridized carbons (Fsp3) is 0.529. The van der Waals surface area contributed by atoms with Crippen LogP contribution in [0.25, 0.3) is 0 Å². The second-order valence-corrected chi connectivity index (χ2v) is 5.39. The van der Waals surface area contributed by atoms with Gasteiger partial charge in [-0.1, -0.05) is 36.4 Å². The molecule has 0 saturated carbocycles. The van der Waals surface area contributed by atoms with E-state index in [-0.39, 0.29) is 18.3 Å². The van der Waals surface area contributed by atoms with Crippen molar-refractivity contribution in [2.75, 3.05) is 27.4 Å². The summed E-state index contributed by atoms with van der Waals surface area (Å²) >= 11 is 0. The van der Waals surface area contributed by atoms with Gasteiger partial charge in [0, 0.05) is 14.2 Å². The van der Waals surface area contributed by atoms with Crippen molar-refractivity contribution in [3.05, 3.63) is 47.5 Å². The molecule has 0 unspecified atom stereocenters. The van der Waals surface area contributed by atoms with Gasteiger partial charge in [0.05, 0.1) is 19.8 Å². The van der Waals surface area contributed by atoms with E-state index in [4.69, 9.17) is 23.7 Å². The van der Waals surface area contributed by atoms with Crippen LogP contribution in [-0.4, -0.2) is 52.0 Å². The van der Waals surface area contributed by atoms with Crippen molar-refractivity contribution in [3.8, 4) is 0 Å². The summed E-state index contributed by atoms with van der Waals surface area (Å²) in [6.45, 7) is 1.61. The lowest BCUT2D eigenvalue weighted by Crippen LogP contribution is -2.52. The molecule has 2 heterocycles. The summed E-state index contributed by atoms with van der Waals surface area (Å²) < 4.78 is 28.4. The fourth-order valence-electron chi connectivity index (χ4n) is 2.94. The Morgan fingerprint density at radius 1 is 1.14 bits per heavy atom. The van der Waals surface area contributed by atoms with E-state index >= 15 is 0 Å². The second-order valence-electron chi connectivity index (χ2n) is 5.39. The Labute approximate surface area is 130 Å². The zero-order chi connectivity index (χ0) is 15.4. The van der Waals surface area contributed by atoms with E-state index in [0.29, 0.717) is 19.8 Å². The molecule has 2 aliphatic heterocycles. The summed E-state index contributed by atoms with van der Waals surface area (Å²) in [6.07, 6.45) is 1.08. The average molecular weight is 306 g/mol. The van der Waals surface area contributed by atoms with Gasteiger partial charge in [-0.05, 0) is 11.1 Å². The monoisotopic (exact) mass is 306 g/mol. The van der Waals surface area contributed by atoms with E-state index in [0.717, 1.165) is 11.1 Å². The predicted molar refractivity (Wildman–Crippen MR) is 80.4 cm³/mol. The standard InChI is InChI=1S/C17H22O5/c1-18-16-15-13(8-9-21-15)14(22-17(16)19-2)11-20-10-12-6-4-3-5-7-12/h3-8,14-17H,9-11H2,1-2H3/t14-,15+,16-,17+/m1/s1. The summed E-state index contributed by atoms with van der Waals surface area (Å²) in [4.78, 5) is 0. The topological polar surface area (TPSA) is 46.2 Å². The molecule has 120 valence electrons. The van der Waals surface area contributed by atoms with Crippen molar-refractivity contribution in [2.45, 2.75) is 31.2 Å².